The molecule has 1 saturated heterocycles. The molecule has 0 radical (unpaired) electrons. The van der Waals surface area contributed by atoms with Crippen molar-refractivity contribution in [2.24, 2.45) is 0 Å². The Kier molecular flexibility index (Phi) is 4.12. The van der Waals surface area contributed by atoms with Gasteiger partial charge in [0.1, 0.15) is 0 Å². The van der Waals surface area contributed by atoms with Gasteiger partial charge in [-0.1, -0.05) is 30.3 Å². The molecule has 1 atom stereocenters. The molecular formula is C13H18N2O2. The lowest BCUT2D eigenvalue weighted by molar-refractivity contribution is -0.138. The largest absolute Gasteiger partial charge is 0.480 e. The molecule has 92 valence electrons. The molecule has 1 aromatic carbocycles. The summed E-state index contributed by atoms with van der Waals surface area (Å²) in [6, 6.07) is 10.6. The number of carboxylic acids is 1. The predicted octanol–water partition coefficient (Wildman–Crippen LogP) is 0.588. The van der Waals surface area contributed by atoms with Gasteiger partial charge in [-0.15, -0.1) is 0 Å². The first-order chi connectivity index (χ1) is 8.24. The van der Waals surface area contributed by atoms with Gasteiger partial charge in [0.15, 0.2) is 0 Å². The van der Waals surface area contributed by atoms with Crippen LogP contribution in [0.3, 0.4) is 0 Å². The number of benzene rings is 1. The summed E-state index contributed by atoms with van der Waals surface area (Å²) in [6.07, 6.45) is 0.955. The second-order valence-electron chi connectivity index (χ2n) is 4.47. The van der Waals surface area contributed by atoms with E-state index < -0.39 is 5.97 Å². The van der Waals surface area contributed by atoms with Crippen molar-refractivity contribution < 1.29 is 9.90 Å². The van der Waals surface area contributed by atoms with Crippen molar-refractivity contribution in [2.75, 3.05) is 26.2 Å². The number of nitrogens with one attached hydrogen (secondary N) is 1. The third kappa shape index (κ3) is 3.84. The molecule has 1 heterocycles. The molecule has 2 N–H and O–H groups in total. The van der Waals surface area contributed by atoms with Crippen molar-refractivity contribution in [3.05, 3.63) is 35.9 Å². The maximum atomic E-state index is 10.7. The Hall–Kier alpha value is -1.39. The Morgan fingerprint density at radius 3 is 2.88 bits per heavy atom. The van der Waals surface area contributed by atoms with Gasteiger partial charge in [-0.25, -0.2) is 0 Å². The van der Waals surface area contributed by atoms with Crippen molar-refractivity contribution in [3.63, 3.8) is 0 Å². The number of carbonyl (C=O) groups is 1. The quantitative estimate of drug-likeness (QED) is 0.800. The van der Waals surface area contributed by atoms with Crippen LogP contribution >= 0.6 is 0 Å². The van der Waals surface area contributed by atoms with E-state index in [0.29, 0.717) is 6.04 Å². The van der Waals surface area contributed by atoms with Crippen LogP contribution in [0.1, 0.15) is 5.56 Å². The lowest BCUT2D eigenvalue weighted by Gasteiger charge is -2.32. The second-order valence-corrected chi connectivity index (χ2v) is 4.47. The molecule has 0 saturated carbocycles. The van der Waals surface area contributed by atoms with Crippen molar-refractivity contribution in [1.29, 1.82) is 0 Å². The van der Waals surface area contributed by atoms with Gasteiger partial charge >= 0.3 is 5.97 Å². The SMILES string of the molecule is O=C(O)CN1CCN[C@@H](Cc2ccccc2)C1. The van der Waals surface area contributed by atoms with Crippen LogP contribution in [0.2, 0.25) is 0 Å². The van der Waals surface area contributed by atoms with E-state index >= 15 is 0 Å². The van der Waals surface area contributed by atoms with E-state index in [0.717, 1.165) is 26.1 Å². The fourth-order valence-corrected chi connectivity index (χ4v) is 2.26. The van der Waals surface area contributed by atoms with Crippen molar-refractivity contribution >= 4 is 5.97 Å². The third-order valence-electron chi connectivity index (χ3n) is 3.02. The van der Waals surface area contributed by atoms with Gasteiger partial charge in [-0.3, -0.25) is 9.69 Å². The summed E-state index contributed by atoms with van der Waals surface area (Å²) in [5, 5.41) is 12.2. The molecular weight excluding hydrogens is 216 g/mol. The summed E-state index contributed by atoms with van der Waals surface area (Å²) in [5.74, 6) is -0.745. The van der Waals surface area contributed by atoms with Crippen LogP contribution in [0, 0.1) is 0 Å². The van der Waals surface area contributed by atoms with E-state index in [9.17, 15) is 4.79 Å². The molecule has 0 bridgehead atoms. The zero-order valence-electron chi connectivity index (χ0n) is 9.80. The minimum absolute atomic E-state index is 0.146. The zero-order valence-corrected chi connectivity index (χ0v) is 9.80. The monoisotopic (exact) mass is 234 g/mol. The van der Waals surface area contributed by atoms with Crippen LogP contribution < -0.4 is 5.32 Å². The molecule has 2 rings (SSSR count). The van der Waals surface area contributed by atoms with Crippen LogP contribution in [-0.4, -0.2) is 48.2 Å². The summed E-state index contributed by atoms with van der Waals surface area (Å²) in [6.45, 7) is 2.64. The lowest BCUT2D eigenvalue weighted by atomic mass is 10.0. The molecule has 0 aliphatic carbocycles. The molecule has 1 aliphatic heterocycles. The summed E-state index contributed by atoms with van der Waals surface area (Å²) in [5.41, 5.74) is 1.29. The number of carboxylic acid groups (broad SMARTS) is 1. The fourth-order valence-electron chi connectivity index (χ4n) is 2.26. The summed E-state index contributed by atoms with van der Waals surface area (Å²) in [4.78, 5) is 12.7. The Balaban J connectivity index is 1.87. The maximum Gasteiger partial charge on any atom is 0.317 e. The van der Waals surface area contributed by atoms with E-state index in [4.69, 9.17) is 5.11 Å². The maximum absolute atomic E-state index is 10.7. The first-order valence-corrected chi connectivity index (χ1v) is 5.95. The summed E-state index contributed by atoms with van der Waals surface area (Å²) < 4.78 is 0. The van der Waals surface area contributed by atoms with Gasteiger partial charge in [0, 0.05) is 25.7 Å². The molecule has 1 fully saturated rings. The number of hydrogen-bond acceptors (Lipinski definition) is 3. The number of aliphatic carboxylic acids is 1. The minimum atomic E-state index is -0.745. The first-order valence-electron chi connectivity index (χ1n) is 5.95. The van der Waals surface area contributed by atoms with Gasteiger partial charge < -0.3 is 10.4 Å². The highest BCUT2D eigenvalue weighted by Crippen LogP contribution is 2.07. The highest BCUT2D eigenvalue weighted by molar-refractivity contribution is 5.69. The minimum Gasteiger partial charge on any atom is -0.480 e. The Bertz CT molecular complexity index is 367. The predicted molar refractivity (Wildman–Crippen MR) is 66.0 cm³/mol. The molecule has 1 aromatic rings. The van der Waals surface area contributed by atoms with Gasteiger partial charge in [-0.2, -0.15) is 0 Å². The van der Waals surface area contributed by atoms with Crippen molar-refractivity contribution in [3.8, 4) is 0 Å². The lowest BCUT2D eigenvalue weighted by Crippen LogP contribution is -2.52. The van der Waals surface area contributed by atoms with Crippen LogP contribution in [0.5, 0.6) is 0 Å². The summed E-state index contributed by atoms with van der Waals surface area (Å²) in [7, 11) is 0. The van der Waals surface area contributed by atoms with E-state index in [1.54, 1.807) is 0 Å². The zero-order chi connectivity index (χ0) is 12.1. The second kappa shape index (κ2) is 5.80. The van der Waals surface area contributed by atoms with Gasteiger partial charge in [0.25, 0.3) is 0 Å². The highest BCUT2D eigenvalue weighted by Gasteiger charge is 2.20. The number of rotatable bonds is 4. The number of hydrogen-bond donors (Lipinski definition) is 2. The molecule has 0 aromatic heterocycles. The van der Waals surface area contributed by atoms with E-state index in [-0.39, 0.29) is 6.54 Å². The van der Waals surface area contributed by atoms with Crippen LogP contribution in [-0.2, 0) is 11.2 Å². The highest BCUT2D eigenvalue weighted by atomic mass is 16.4. The number of nitrogens with zero attached hydrogens (tertiary/aromatic N) is 1. The normalized spacial score (nSPS) is 21.3. The topological polar surface area (TPSA) is 52.6 Å². The smallest absolute Gasteiger partial charge is 0.317 e. The van der Waals surface area contributed by atoms with Crippen LogP contribution in [0.25, 0.3) is 0 Å². The number of piperazine rings is 1. The van der Waals surface area contributed by atoms with E-state index in [1.165, 1.54) is 5.56 Å². The molecule has 1 aliphatic rings. The first kappa shape index (κ1) is 12.1. The molecule has 0 amide bonds. The Morgan fingerprint density at radius 1 is 1.41 bits per heavy atom. The Labute approximate surface area is 101 Å². The standard InChI is InChI=1S/C13H18N2O2/c16-13(17)10-15-7-6-14-12(9-15)8-11-4-2-1-3-5-11/h1-5,12,14H,6-10H2,(H,16,17)/t12-/m0/s1. The molecule has 0 unspecified atom stereocenters. The summed E-state index contributed by atoms with van der Waals surface area (Å²) >= 11 is 0. The molecule has 4 heteroatoms. The van der Waals surface area contributed by atoms with Crippen molar-refractivity contribution in [2.45, 2.75) is 12.5 Å². The van der Waals surface area contributed by atoms with Gasteiger partial charge in [0.2, 0.25) is 0 Å². The van der Waals surface area contributed by atoms with Gasteiger partial charge in [-0.05, 0) is 12.0 Å². The van der Waals surface area contributed by atoms with Crippen molar-refractivity contribution in [1.82, 2.24) is 10.2 Å². The average molecular weight is 234 g/mol. The van der Waals surface area contributed by atoms with E-state index in [2.05, 4.69) is 17.4 Å². The molecule has 4 nitrogen and oxygen atoms in total. The molecule has 17 heavy (non-hydrogen) atoms. The van der Waals surface area contributed by atoms with E-state index in [1.807, 2.05) is 23.1 Å². The Morgan fingerprint density at radius 2 is 2.18 bits per heavy atom. The van der Waals surface area contributed by atoms with Gasteiger partial charge in [0.05, 0.1) is 6.54 Å². The van der Waals surface area contributed by atoms with Crippen LogP contribution in [0.4, 0.5) is 0 Å². The third-order valence-corrected chi connectivity index (χ3v) is 3.02. The van der Waals surface area contributed by atoms with Crippen LogP contribution in [0.15, 0.2) is 30.3 Å². The fraction of sp³-hybridized carbons (Fsp3) is 0.462. The average Bonchev–Trinajstić information content (AvgIpc) is 2.30. The molecule has 0 spiro atoms.